The molecule has 1 saturated carbocycles. The topological polar surface area (TPSA) is 83.5 Å². The maximum absolute atomic E-state index is 12.1. The van der Waals surface area contributed by atoms with Crippen LogP contribution in [0.5, 0.6) is 0 Å². The van der Waals surface area contributed by atoms with E-state index in [0.29, 0.717) is 5.92 Å². The predicted octanol–water partition coefficient (Wildman–Crippen LogP) is 2.30. The Bertz CT molecular complexity index is 558. The van der Waals surface area contributed by atoms with Gasteiger partial charge in [0.1, 0.15) is 9.09 Å². The van der Waals surface area contributed by atoms with Crippen LogP contribution in [-0.4, -0.2) is 25.5 Å². The first-order valence-corrected chi connectivity index (χ1v) is 8.55. The summed E-state index contributed by atoms with van der Waals surface area (Å²) in [6, 6.07) is 2.56. The van der Waals surface area contributed by atoms with E-state index in [2.05, 4.69) is 4.72 Å². The highest BCUT2D eigenvalue weighted by molar-refractivity contribution is 7.91. The van der Waals surface area contributed by atoms with Crippen molar-refractivity contribution >= 4 is 27.3 Å². The molecule has 7 heteroatoms. The van der Waals surface area contributed by atoms with Crippen LogP contribution in [0.25, 0.3) is 0 Å². The highest BCUT2D eigenvalue weighted by Gasteiger charge is 2.27. The van der Waals surface area contributed by atoms with E-state index >= 15 is 0 Å². The third kappa shape index (κ3) is 3.34. The smallest absolute Gasteiger partial charge is 0.345 e. The van der Waals surface area contributed by atoms with Crippen molar-refractivity contribution in [3.63, 3.8) is 0 Å². The van der Waals surface area contributed by atoms with Gasteiger partial charge in [-0.25, -0.2) is 17.9 Å². The van der Waals surface area contributed by atoms with Gasteiger partial charge in [-0.1, -0.05) is 12.8 Å². The Morgan fingerprint density at radius 3 is 2.58 bits per heavy atom. The molecule has 1 aromatic heterocycles. The maximum atomic E-state index is 12.1. The van der Waals surface area contributed by atoms with E-state index in [1.54, 1.807) is 0 Å². The minimum absolute atomic E-state index is 0.0360. The van der Waals surface area contributed by atoms with E-state index in [1.807, 2.05) is 6.92 Å². The van der Waals surface area contributed by atoms with E-state index < -0.39 is 16.0 Å². The lowest BCUT2D eigenvalue weighted by atomic mass is 10.0. The van der Waals surface area contributed by atoms with Gasteiger partial charge >= 0.3 is 5.97 Å². The largest absolute Gasteiger partial charge is 0.477 e. The van der Waals surface area contributed by atoms with Gasteiger partial charge < -0.3 is 5.11 Å². The summed E-state index contributed by atoms with van der Waals surface area (Å²) in [5.74, 6) is -0.719. The number of nitrogens with one attached hydrogen (secondary N) is 1. The van der Waals surface area contributed by atoms with Gasteiger partial charge in [-0.05, 0) is 37.8 Å². The van der Waals surface area contributed by atoms with Gasteiger partial charge in [0.2, 0.25) is 10.0 Å². The van der Waals surface area contributed by atoms with Crippen LogP contribution in [-0.2, 0) is 10.0 Å². The fraction of sp³-hybridized carbons (Fsp3) is 0.583. The normalized spacial score (nSPS) is 18.6. The van der Waals surface area contributed by atoms with E-state index in [9.17, 15) is 13.2 Å². The number of hydrogen-bond acceptors (Lipinski definition) is 4. The first-order valence-electron chi connectivity index (χ1n) is 6.25. The molecule has 0 amide bonds. The minimum Gasteiger partial charge on any atom is -0.477 e. The average Bonchev–Trinajstić information content (AvgIpc) is 3.00. The zero-order valence-electron chi connectivity index (χ0n) is 10.6. The van der Waals surface area contributed by atoms with Crippen LogP contribution in [0.3, 0.4) is 0 Å². The molecule has 19 heavy (non-hydrogen) atoms. The second-order valence-corrected chi connectivity index (χ2v) is 7.90. The zero-order chi connectivity index (χ0) is 14.0. The van der Waals surface area contributed by atoms with Gasteiger partial charge in [-0.2, -0.15) is 0 Å². The molecule has 1 aromatic rings. The Morgan fingerprint density at radius 2 is 2.05 bits per heavy atom. The first-order chi connectivity index (χ1) is 8.90. The molecule has 106 valence electrons. The summed E-state index contributed by atoms with van der Waals surface area (Å²) in [7, 11) is -3.60. The van der Waals surface area contributed by atoms with Crippen molar-refractivity contribution in [3.05, 3.63) is 17.0 Å². The minimum atomic E-state index is -3.60. The van der Waals surface area contributed by atoms with Crippen molar-refractivity contribution in [2.75, 3.05) is 0 Å². The lowest BCUT2D eigenvalue weighted by Crippen LogP contribution is -2.36. The first kappa shape index (κ1) is 14.5. The molecule has 0 spiro atoms. The molecular formula is C12H17NO4S2. The number of hydrogen-bond donors (Lipinski definition) is 2. The molecule has 1 aliphatic rings. The standard InChI is InChI=1S/C12H17NO4S2/c1-8(9-4-2-3-5-9)13-19(16,17)11-7-6-10(18-11)12(14)15/h6-9,13H,2-5H2,1H3,(H,14,15). The fourth-order valence-corrected chi connectivity index (χ4v) is 4.91. The second kappa shape index (κ2) is 5.60. The molecule has 1 unspecified atom stereocenters. The SMILES string of the molecule is CC(NS(=O)(=O)c1ccc(C(=O)O)s1)C1CCCC1. The van der Waals surface area contributed by atoms with E-state index in [-0.39, 0.29) is 15.1 Å². The van der Waals surface area contributed by atoms with E-state index in [1.165, 1.54) is 12.1 Å². The van der Waals surface area contributed by atoms with Crippen molar-refractivity contribution in [2.24, 2.45) is 5.92 Å². The van der Waals surface area contributed by atoms with Gasteiger partial charge in [0.25, 0.3) is 0 Å². The summed E-state index contributed by atoms with van der Waals surface area (Å²) < 4.78 is 27.0. The van der Waals surface area contributed by atoms with Crippen molar-refractivity contribution < 1.29 is 18.3 Å². The van der Waals surface area contributed by atoms with Crippen LogP contribution >= 0.6 is 11.3 Å². The zero-order valence-corrected chi connectivity index (χ0v) is 12.3. The van der Waals surface area contributed by atoms with Crippen LogP contribution in [0.4, 0.5) is 0 Å². The molecule has 0 radical (unpaired) electrons. The number of carboxylic acid groups (broad SMARTS) is 1. The molecule has 0 aromatic carbocycles. The lowest BCUT2D eigenvalue weighted by Gasteiger charge is -2.19. The van der Waals surface area contributed by atoms with Gasteiger partial charge in [-0.3, -0.25) is 0 Å². The van der Waals surface area contributed by atoms with Crippen molar-refractivity contribution in [3.8, 4) is 0 Å². The summed E-state index contributed by atoms with van der Waals surface area (Å²) in [5, 5.41) is 8.81. The molecule has 0 bridgehead atoms. The average molecular weight is 303 g/mol. The molecule has 1 heterocycles. The van der Waals surface area contributed by atoms with Crippen molar-refractivity contribution in [2.45, 2.75) is 42.9 Å². The van der Waals surface area contributed by atoms with Crippen LogP contribution in [0.2, 0.25) is 0 Å². The number of aromatic carboxylic acids is 1. The maximum Gasteiger partial charge on any atom is 0.345 e. The summed E-state index contributed by atoms with van der Waals surface area (Å²) in [6.45, 7) is 1.87. The van der Waals surface area contributed by atoms with Gasteiger partial charge in [-0.15, -0.1) is 11.3 Å². The van der Waals surface area contributed by atoms with Crippen molar-refractivity contribution in [1.29, 1.82) is 0 Å². The molecule has 0 aliphatic heterocycles. The molecule has 1 atom stereocenters. The molecule has 5 nitrogen and oxygen atoms in total. The molecule has 2 rings (SSSR count). The summed E-state index contributed by atoms with van der Waals surface area (Å²) in [4.78, 5) is 10.8. The summed E-state index contributed by atoms with van der Waals surface area (Å²) >= 11 is 0.782. The Balaban J connectivity index is 2.10. The van der Waals surface area contributed by atoms with E-state index in [4.69, 9.17) is 5.11 Å². The lowest BCUT2D eigenvalue weighted by molar-refractivity contribution is 0.0702. The molecule has 0 saturated heterocycles. The summed E-state index contributed by atoms with van der Waals surface area (Å²) in [5.41, 5.74) is 0. The van der Waals surface area contributed by atoms with Crippen LogP contribution in [0, 0.1) is 5.92 Å². The number of sulfonamides is 1. The predicted molar refractivity (Wildman–Crippen MR) is 73.0 cm³/mol. The van der Waals surface area contributed by atoms with Gasteiger partial charge in [0.15, 0.2) is 0 Å². The third-order valence-corrected chi connectivity index (χ3v) is 6.63. The van der Waals surface area contributed by atoms with Crippen molar-refractivity contribution in [1.82, 2.24) is 4.72 Å². The highest BCUT2D eigenvalue weighted by atomic mass is 32.2. The van der Waals surface area contributed by atoms with Crippen LogP contribution in [0.15, 0.2) is 16.3 Å². The Hall–Kier alpha value is -0.920. The number of carboxylic acids is 1. The molecule has 1 aliphatic carbocycles. The monoisotopic (exact) mass is 303 g/mol. The second-order valence-electron chi connectivity index (χ2n) is 4.88. The quantitative estimate of drug-likeness (QED) is 0.874. The fourth-order valence-electron chi connectivity index (χ4n) is 2.44. The summed E-state index contributed by atoms with van der Waals surface area (Å²) in [6.07, 6.45) is 4.40. The number of rotatable bonds is 5. The Labute approximate surface area is 116 Å². The Morgan fingerprint density at radius 1 is 1.42 bits per heavy atom. The molecular weight excluding hydrogens is 286 g/mol. The van der Waals surface area contributed by atoms with Crippen LogP contribution < -0.4 is 4.72 Å². The highest BCUT2D eigenvalue weighted by Crippen LogP contribution is 2.29. The number of thiophene rings is 1. The van der Waals surface area contributed by atoms with Gasteiger partial charge in [0, 0.05) is 6.04 Å². The molecule has 2 N–H and O–H groups in total. The Kier molecular flexibility index (Phi) is 4.27. The molecule has 1 fully saturated rings. The van der Waals surface area contributed by atoms with E-state index in [0.717, 1.165) is 37.0 Å². The van der Waals surface area contributed by atoms with Crippen LogP contribution in [0.1, 0.15) is 42.3 Å². The number of carbonyl (C=O) groups is 1. The van der Waals surface area contributed by atoms with Gasteiger partial charge in [0.05, 0.1) is 0 Å². The third-order valence-electron chi connectivity index (χ3n) is 3.50.